The molecule has 1 saturated carbocycles. The number of fused-ring (bicyclic) bond motifs is 1. The van der Waals surface area contributed by atoms with Gasteiger partial charge in [-0.25, -0.2) is 10.4 Å². The molecule has 116 valence electrons. The molecule has 1 aliphatic rings. The molecule has 0 bridgehead atoms. The number of rotatable bonds is 3. The Morgan fingerprint density at radius 1 is 1.45 bits per heavy atom. The van der Waals surface area contributed by atoms with Crippen LogP contribution in [0.1, 0.15) is 38.4 Å². The molecule has 3 rings (SSSR count). The van der Waals surface area contributed by atoms with Gasteiger partial charge in [0.1, 0.15) is 12.4 Å². The van der Waals surface area contributed by atoms with E-state index in [1.807, 2.05) is 35.8 Å². The highest BCUT2D eigenvalue weighted by atomic mass is 16.2. The van der Waals surface area contributed by atoms with Crippen molar-refractivity contribution >= 4 is 22.7 Å². The molecule has 1 fully saturated rings. The third-order valence-electron chi connectivity index (χ3n) is 4.23. The van der Waals surface area contributed by atoms with E-state index in [-0.39, 0.29) is 12.5 Å². The van der Waals surface area contributed by atoms with E-state index in [1.54, 1.807) is 0 Å². The van der Waals surface area contributed by atoms with Gasteiger partial charge in [-0.15, -0.1) is 0 Å². The van der Waals surface area contributed by atoms with Gasteiger partial charge in [-0.2, -0.15) is 5.10 Å². The van der Waals surface area contributed by atoms with Gasteiger partial charge in [0.25, 0.3) is 5.91 Å². The lowest BCUT2D eigenvalue weighted by Gasteiger charge is -2.19. The van der Waals surface area contributed by atoms with Gasteiger partial charge < -0.3 is 4.57 Å². The molecule has 1 heterocycles. The second kappa shape index (κ2) is 6.30. The van der Waals surface area contributed by atoms with E-state index in [1.165, 1.54) is 12.8 Å². The fourth-order valence-corrected chi connectivity index (χ4v) is 3.08. The summed E-state index contributed by atoms with van der Waals surface area (Å²) in [5.41, 5.74) is 5.71. The molecular formula is C17H22N4O. The van der Waals surface area contributed by atoms with Gasteiger partial charge in [-0.05, 0) is 50.7 Å². The number of benzene rings is 1. The number of aryl methyl sites for hydroxylation is 1. The molecule has 1 amide bonds. The zero-order chi connectivity index (χ0) is 15.5. The Morgan fingerprint density at radius 2 is 2.27 bits per heavy atom. The van der Waals surface area contributed by atoms with Crippen LogP contribution in [0.25, 0.3) is 11.0 Å². The van der Waals surface area contributed by atoms with Crippen LogP contribution >= 0.6 is 0 Å². The first-order valence-electron chi connectivity index (χ1n) is 7.89. The van der Waals surface area contributed by atoms with Crippen molar-refractivity contribution in [1.82, 2.24) is 15.0 Å². The molecular weight excluding hydrogens is 276 g/mol. The molecule has 1 atom stereocenters. The SMILES string of the molecule is Cc1nc2ccccc2n1CC(=O)N/N=C1\CCC[C@@H](C)C1. The summed E-state index contributed by atoms with van der Waals surface area (Å²) in [4.78, 5) is 16.6. The van der Waals surface area contributed by atoms with Gasteiger partial charge >= 0.3 is 0 Å². The number of carbonyl (C=O) groups excluding carboxylic acids is 1. The Kier molecular flexibility index (Phi) is 4.22. The number of para-hydroxylation sites is 2. The van der Waals surface area contributed by atoms with Gasteiger partial charge in [-0.1, -0.05) is 19.1 Å². The lowest BCUT2D eigenvalue weighted by atomic mass is 9.89. The second-order valence-corrected chi connectivity index (χ2v) is 6.15. The van der Waals surface area contributed by atoms with Crippen LogP contribution in [0.15, 0.2) is 29.4 Å². The van der Waals surface area contributed by atoms with Crippen molar-refractivity contribution in [2.75, 3.05) is 0 Å². The first-order chi connectivity index (χ1) is 10.6. The molecule has 1 aromatic carbocycles. The molecule has 0 radical (unpaired) electrons. The Labute approximate surface area is 130 Å². The average Bonchev–Trinajstić information content (AvgIpc) is 2.81. The van der Waals surface area contributed by atoms with Crippen molar-refractivity contribution in [1.29, 1.82) is 0 Å². The lowest BCUT2D eigenvalue weighted by Crippen LogP contribution is -2.26. The van der Waals surface area contributed by atoms with E-state index >= 15 is 0 Å². The Balaban J connectivity index is 1.68. The molecule has 22 heavy (non-hydrogen) atoms. The molecule has 0 spiro atoms. The Morgan fingerprint density at radius 3 is 3.09 bits per heavy atom. The fraction of sp³-hybridized carbons (Fsp3) is 0.471. The minimum atomic E-state index is -0.100. The minimum absolute atomic E-state index is 0.100. The summed E-state index contributed by atoms with van der Waals surface area (Å²) >= 11 is 0. The molecule has 5 nitrogen and oxygen atoms in total. The van der Waals surface area contributed by atoms with E-state index in [2.05, 4.69) is 22.4 Å². The number of amides is 1. The number of hydrogen-bond acceptors (Lipinski definition) is 3. The van der Waals surface area contributed by atoms with Crippen molar-refractivity contribution in [2.45, 2.75) is 46.1 Å². The van der Waals surface area contributed by atoms with Crippen molar-refractivity contribution < 1.29 is 4.79 Å². The molecule has 0 aliphatic heterocycles. The maximum Gasteiger partial charge on any atom is 0.260 e. The molecule has 5 heteroatoms. The second-order valence-electron chi connectivity index (χ2n) is 6.15. The number of carbonyl (C=O) groups is 1. The molecule has 1 aliphatic carbocycles. The van der Waals surface area contributed by atoms with Crippen LogP contribution in [0.5, 0.6) is 0 Å². The highest BCUT2D eigenvalue weighted by molar-refractivity contribution is 5.87. The molecule has 0 unspecified atom stereocenters. The number of hydrazone groups is 1. The van der Waals surface area contributed by atoms with Crippen LogP contribution in [-0.2, 0) is 11.3 Å². The van der Waals surface area contributed by atoms with Gasteiger partial charge in [0.2, 0.25) is 0 Å². The third kappa shape index (κ3) is 3.18. The zero-order valence-corrected chi connectivity index (χ0v) is 13.2. The van der Waals surface area contributed by atoms with Gasteiger partial charge in [-0.3, -0.25) is 4.79 Å². The van der Waals surface area contributed by atoms with Crippen molar-refractivity contribution in [2.24, 2.45) is 11.0 Å². The first-order valence-corrected chi connectivity index (χ1v) is 7.89. The summed E-state index contributed by atoms with van der Waals surface area (Å²) in [5, 5.41) is 4.31. The monoisotopic (exact) mass is 298 g/mol. The van der Waals surface area contributed by atoms with Crippen LogP contribution < -0.4 is 5.43 Å². The predicted molar refractivity (Wildman–Crippen MR) is 87.7 cm³/mol. The normalized spacial score (nSPS) is 20.5. The zero-order valence-electron chi connectivity index (χ0n) is 13.2. The van der Waals surface area contributed by atoms with E-state index in [0.717, 1.165) is 35.4 Å². The van der Waals surface area contributed by atoms with E-state index in [9.17, 15) is 4.79 Å². The summed E-state index contributed by atoms with van der Waals surface area (Å²) in [6.45, 7) is 4.40. The molecule has 0 saturated heterocycles. The molecule has 2 aromatic rings. The quantitative estimate of drug-likeness (QED) is 0.885. The minimum Gasteiger partial charge on any atom is -0.319 e. The lowest BCUT2D eigenvalue weighted by molar-refractivity contribution is -0.121. The summed E-state index contributed by atoms with van der Waals surface area (Å²) < 4.78 is 1.92. The summed E-state index contributed by atoms with van der Waals surface area (Å²) in [6.07, 6.45) is 4.42. The van der Waals surface area contributed by atoms with E-state index in [4.69, 9.17) is 0 Å². The van der Waals surface area contributed by atoms with Crippen molar-refractivity contribution in [3.05, 3.63) is 30.1 Å². The largest absolute Gasteiger partial charge is 0.319 e. The van der Waals surface area contributed by atoms with Gasteiger partial charge in [0.05, 0.1) is 11.0 Å². The van der Waals surface area contributed by atoms with Crippen LogP contribution in [0.2, 0.25) is 0 Å². The number of nitrogens with zero attached hydrogens (tertiary/aromatic N) is 3. The maximum absolute atomic E-state index is 12.2. The standard InChI is InChI=1S/C17H22N4O/c1-12-6-5-7-14(10-12)19-20-17(22)11-21-13(2)18-15-8-3-4-9-16(15)21/h3-4,8-9,12H,5-7,10-11H2,1-2H3,(H,20,22)/b19-14+/t12-/m1/s1. The molecule has 1 aromatic heterocycles. The van der Waals surface area contributed by atoms with Crippen LogP contribution in [0.4, 0.5) is 0 Å². The van der Waals surface area contributed by atoms with Crippen molar-refractivity contribution in [3.8, 4) is 0 Å². The van der Waals surface area contributed by atoms with Crippen LogP contribution in [0.3, 0.4) is 0 Å². The van der Waals surface area contributed by atoms with E-state index in [0.29, 0.717) is 5.92 Å². The number of nitrogens with one attached hydrogen (secondary N) is 1. The predicted octanol–water partition coefficient (Wildman–Crippen LogP) is 3.03. The highest BCUT2D eigenvalue weighted by Crippen LogP contribution is 2.21. The number of hydrogen-bond donors (Lipinski definition) is 1. The Bertz CT molecular complexity index is 717. The van der Waals surface area contributed by atoms with Crippen LogP contribution in [-0.4, -0.2) is 21.2 Å². The highest BCUT2D eigenvalue weighted by Gasteiger charge is 2.15. The van der Waals surface area contributed by atoms with Gasteiger partial charge in [0.15, 0.2) is 0 Å². The Hall–Kier alpha value is -2.17. The summed E-state index contributed by atoms with van der Waals surface area (Å²) in [7, 11) is 0. The topological polar surface area (TPSA) is 59.3 Å². The van der Waals surface area contributed by atoms with Crippen molar-refractivity contribution in [3.63, 3.8) is 0 Å². The number of imidazole rings is 1. The summed E-state index contributed by atoms with van der Waals surface area (Å²) in [6, 6.07) is 7.86. The van der Waals surface area contributed by atoms with Gasteiger partial charge in [0, 0.05) is 5.71 Å². The number of aromatic nitrogens is 2. The third-order valence-corrected chi connectivity index (χ3v) is 4.23. The summed E-state index contributed by atoms with van der Waals surface area (Å²) in [5.74, 6) is 1.41. The molecule has 1 N–H and O–H groups in total. The first kappa shape index (κ1) is 14.8. The fourth-order valence-electron chi connectivity index (χ4n) is 3.08. The maximum atomic E-state index is 12.2. The van der Waals surface area contributed by atoms with E-state index < -0.39 is 0 Å². The van der Waals surface area contributed by atoms with Crippen LogP contribution in [0, 0.1) is 12.8 Å². The average molecular weight is 298 g/mol. The smallest absolute Gasteiger partial charge is 0.260 e.